The van der Waals surface area contributed by atoms with E-state index in [1.165, 1.54) is 6.07 Å². The van der Waals surface area contributed by atoms with Crippen molar-refractivity contribution in [1.82, 2.24) is 4.90 Å². The van der Waals surface area contributed by atoms with Crippen LogP contribution in [-0.4, -0.2) is 46.0 Å². The molecule has 1 aromatic carbocycles. The van der Waals surface area contributed by atoms with Gasteiger partial charge in [0.25, 0.3) is 5.91 Å². The number of aliphatic carboxylic acids is 2. The lowest BCUT2D eigenvalue weighted by Gasteiger charge is -2.19. The van der Waals surface area contributed by atoms with Crippen LogP contribution in [0.15, 0.2) is 22.7 Å². The van der Waals surface area contributed by atoms with Crippen molar-refractivity contribution in [3.8, 4) is 0 Å². The smallest absolute Gasteiger partial charge is 0.323 e. The highest BCUT2D eigenvalue weighted by Crippen LogP contribution is 2.20. The molecular formula is C12H12BrNO5. The van der Waals surface area contributed by atoms with Crippen molar-refractivity contribution in [2.24, 2.45) is 0 Å². The molecule has 0 radical (unpaired) electrons. The van der Waals surface area contributed by atoms with Gasteiger partial charge in [-0.3, -0.25) is 14.4 Å². The predicted molar refractivity (Wildman–Crippen MR) is 70.1 cm³/mol. The van der Waals surface area contributed by atoms with E-state index in [2.05, 4.69) is 15.9 Å². The lowest BCUT2D eigenvalue weighted by Crippen LogP contribution is -2.39. The average Bonchev–Trinajstić information content (AvgIpc) is 2.26. The molecule has 1 rings (SSSR count). The number of carboxylic acid groups (broad SMARTS) is 2. The first-order chi connectivity index (χ1) is 8.81. The molecule has 0 fully saturated rings. The first kappa shape index (κ1) is 15.2. The lowest BCUT2D eigenvalue weighted by atomic mass is 10.1. The van der Waals surface area contributed by atoms with Gasteiger partial charge in [0.2, 0.25) is 0 Å². The van der Waals surface area contributed by atoms with Gasteiger partial charge in [0.05, 0.1) is 5.56 Å². The van der Waals surface area contributed by atoms with E-state index in [0.29, 0.717) is 4.47 Å². The number of halogens is 1. The van der Waals surface area contributed by atoms with Crippen LogP contribution in [0.1, 0.15) is 15.9 Å². The fourth-order valence-electron chi connectivity index (χ4n) is 1.49. The quantitative estimate of drug-likeness (QED) is 0.850. The zero-order valence-corrected chi connectivity index (χ0v) is 11.7. The molecule has 0 bridgehead atoms. The number of carbonyl (C=O) groups excluding carboxylic acids is 1. The average molecular weight is 330 g/mol. The Morgan fingerprint density at radius 3 is 2.11 bits per heavy atom. The molecule has 0 aliphatic rings. The first-order valence-electron chi connectivity index (χ1n) is 5.30. The van der Waals surface area contributed by atoms with Crippen molar-refractivity contribution in [3.63, 3.8) is 0 Å². The zero-order chi connectivity index (χ0) is 14.6. The van der Waals surface area contributed by atoms with Crippen molar-refractivity contribution in [2.75, 3.05) is 13.1 Å². The molecule has 0 spiro atoms. The Hall–Kier alpha value is -1.89. The maximum absolute atomic E-state index is 12.1. The minimum absolute atomic E-state index is 0.230. The van der Waals surface area contributed by atoms with Crippen molar-refractivity contribution in [2.45, 2.75) is 6.92 Å². The normalized spacial score (nSPS) is 10.0. The minimum atomic E-state index is -1.27. The predicted octanol–water partition coefficient (Wildman–Crippen LogP) is 1.37. The second-order valence-corrected chi connectivity index (χ2v) is 4.79. The summed E-state index contributed by atoms with van der Waals surface area (Å²) in [5, 5.41) is 17.4. The SMILES string of the molecule is Cc1ccc(C(=O)N(CC(=O)O)CC(=O)O)c(Br)c1. The Morgan fingerprint density at radius 2 is 1.68 bits per heavy atom. The summed E-state index contributed by atoms with van der Waals surface area (Å²) in [5.74, 6) is -3.17. The summed E-state index contributed by atoms with van der Waals surface area (Å²) in [4.78, 5) is 34.2. The molecule has 2 N–H and O–H groups in total. The van der Waals surface area contributed by atoms with Gasteiger partial charge in [-0.2, -0.15) is 0 Å². The molecule has 6 nitrogen and oxygen atoms in total. The Bertz CT molecular complexity index is 513. The molecule has 1 aromatic rings. The molecule has 0 aliphatic heterocycles. The van der Waals surface area contributed by atoms with Crippen molar-refractivity contribution >= 4 is 33.8 Å². The van der Waals surface area contributed by atoms with Crippen LogP contribution in [0, 0.1) is 6.92 Å². The van der Waals surface area contributed by atoms with Crippen LogP contribution in [0.5, 0.6) is 0 Å². The lowest BCUT2D eigenvalue weighted by molar-refractivity contribution is -0.140. The summed E-state index contributed by atoms with van der Waals surface area (Å²) < 4.78 is 0.498. The first-order valence-corrected chi connectivity index (χ1v) is 6.09. The van der Waals surface area contributed by atoms with E-state index in [1.807, 2.05) is 6.92 Å². The van der Waals surface area contributed by atoms with Gasteiger partial charge in [-0.05, 0) is 40.5 Å². The molecule has 0 atom stereocenters. The summed E-state index contributed by atoms with van der Waals surface area (Å²) in [5.41, 5.74) is 1.15. The van der Waals surface area contributed by atoms with Crippen LogP contribution in [-0.2, 0) is 9.59 Å². The number of carboxylic acids is 2. The number of carbonyl (C=O) groups is 3. The second-order valence-electron chi connectivity index (χ2n) is 3.93. The Balaban J connectivity index is 3.04. The third kappa shape index (κ3) is 4.36. The molecule has 0 saturated heterocycles. The Morgan fingerprint density at radius 1 is 1.16 bits per heavy atom. The summed E-state index contributed by atoms with van der Waals surface area (Å²) >= 11 is 3.21. The fourth-order valence-corrected chi connectivity index (χ4v) is 2.15. The number of benzene rings is 1. The van der Waals surface area contributed by atoms with E-state index in [0.717, 1.165) is 10.5 Å². The van der Waals surface area contributed by atoms with Gasteiger partial charge < -0.3 is 15.1 Å². The molecule has 0 unspecified atom stereocenters. The number of hydrogen-bond donors (Lipinski definition) is 2. The van der Waals surface area contributed by atoms with Crippen LogP contribution in [0.4, 0.5) is 0 Å². The molecule has 7 heteroatoms. The van der Waals surface area contributed by atoms with Gasteiger partial charge in [-0.1, -0.05) is 6.07 Å². The van der Waals surface area contributed by atoms with Crippen molar-refractivity contribution in [3.05, 3.63) is 33.8 Å². The highest BCUT2D eigenvalue weighted by Gasteiger charge is 2.22. The molecule has 1 amide bonds. The van der Waals surface area contributed by atoms with Crippen LogP contribution in [0.3, 0.4) is 0 Å². The maximum atomic E-state index is 12.1. The van der Waals surface area contributed by atoms with E-state index in [-0.39, 0.29) is 5.56 Å². The zero-order valence-electron chi connectivity index (χ0n) is 10.1. The van der Waals surface area contributed by atoms with Gasteiger partial charge in [-0.15, -0.1) is 0 Å². The molecule has 19 heavy (non-hydrogen) atoms. The molecule has 0 aromatic heterocycles. The van der Waals surface area contributed by atoms with Gasteiger partial charge in [0.1, 0.15) is 13.1 Å². The third-order valence-corrected chi connectivity index (χ3v) is 2.95. The van der Waals surface area contributed by atoms with E-state index >= 15 is 0 Å². The van der Waals surface area contributed by atoms with Gasteiger partial charge in [-0.25, -0.2) is 0 Å². The van der Waals surface area contributed by atoms with Gasteiger partial charge in [0, 0.05) is 4.47 Å². The minimum Gasteiger partial charge on any atom is -0.480 e. The highest BCUT2D eigenvalue weighted by atomic mass is 79.9. The second kappa shape index (κ2) is 6.33. The number of aryl methyl sites for hydroxylation is 1. The number of nitrogens with zero attached hydrogens (tertiary/aromatic N) is 1. The molecule has 0 saturated carbocycles. The summed E-state index contributed by atoms with van der Waals surface area (Å²) in [7, 11) is 0. The molecule has 0 aliphatic carbocycles. The summed E-state index contributed by atoms with van der Waals surface area (Å²) in [6.07, 6.45) is 0. The number of hydrogen-bond acceptors (Lipinski definition) is 3. The van der Waals surface area contributed by atoms with Crippen LogP contribution < -0.4 is 0 Å². The largest absolute Gasteiger partial charge is 0.480 e. The molecule has 102 valence electrons. The standard InChI is InChI=1S/C12H12BrNO5/c1-7-2-3-8(9(13)4-7)12(19)14(5-10(15)16)6-11(17)18/h2-4H,5-6H2,1H3,(H,15,16)(H,17,18). The monoisotopic (exact) mass is 329 g/mol. The van der Waals surface area contributed by atoms with E-state index in [1.54, 1.807) is 12.1 Å². The molecule has 0 heterocycles. The highest BCUT2D eigenvalue weighted by molar-refractivity contribution is 9.10. The van der Waals surface area contributed by atoms with E-state index < -0.39 is 30.9 Å². The Kier molecular flexibility index (Phi) is 5.05. The fraction of sp³-hybridized carbons (Fsp3) is 0.250. The van der Waals surface area contributed by atoms with E-state index in [9.17, 15) is 14.4 Å². The van der Waals surface area contributed by atoms with Crippen molar-refractivity contribution in [1.29, 1.82) is 0 Å². The Labute approximate surface area is 117 Å². The van der Waals surface area contributed by atoms with Crippen molar-refractivity contribution < 1.29 is 24.6 Å². The van der Waals surface area contributed by atoms with Crippen LogP contribution >= 0.6 is 15.9 Å². The topological polar surface area (TPSA) is 94.9 Å². The van der Waals surface area contributed by atoms with E-state index in [4.69, 9.17) is 10.2 Å². The number of amides is 1. The third-order valence-electron chi connectivity index (χ3n) is 2.29. The van der Waals surface area contributed by atoms with Gasteiger partial charge >= 0.3 is 11.9 Å². The van der Waals surface area contributed by atoms with Crippen LogP contribution in [0.25, 0.3) is 0 Å². The van der Waals surface area contributed by atoms with Crippen LogP contribution in [0.2, 0.25) is 0 Å². The molecular weight excluding hydrogens is 318 g/mol. The maximum Gasteiger partial charge on any atom is 0.323 e. The summed E-state index contributed by atoms with van der Waals surface area (Å²) in [6, 6.07) is 4.92. The van der Waals surface area contributed by atoms with Gasteiger partial charge in [0.15, 0.2) is 0 Å². The number of rotatable bonds is 5. The summed E-state index contributed by atoms with van der Waals surface area (Å²) in [6.45, 7) is 0.516.